The number of hydrogen-bond acceptors (Lipinski definition) is 4. The number of ether oxygens (including phenoxy) is 1. The van der Waals surface area contributed by atoms with E-state index in [-0.39, 0.29) is 6.42 Å². The highest BCUT2D eigenvalue weighted by atomic mass is 16.5. The van der Waals surface area contributed by atoms with E-state index in [1.807, 2.05) is 6.07 Å². The first-order valence-corrected chi connectivity index (χ1v) is 4.93. The minimum atomic E-state index is -0.841. The summed E-state index contributed by atoms with van der Waals surface area (Å²) in [5, 5.41) is 10.7. The summed E-state index contributed by atoms with van der Waals surface area (Å²) in [6.45, 7) is 0. The SMILES string of the molecule is COC(=O)C[C@H](O)c1ccc2occc2c1. The smallest absolute Gasteiger partial charge is 0.308 e. The van der Waals surface area contributed by atoms with Crippen LogP contribution in [0.25, 0.3) is 11.0 Å². The van der Waals surface area contributed by atoms with Crippen molar-refractivity contribution in [3.05, 3.63) is 36.1 Å². The number of aliphatic hydroxyl groups excluding tert-OH is 1. The Kier molecular flexibility index (Phi) is 2.92. The van der Waals surface area contributed by atoms with E-state index in [0.717, 1.165) is 11.0 Å². The number of fused-ring (bicyclic) bond motifs is 1. The van der Waals surface area contributed by atoms with E-state index in [1.165, 1.54) is 7.11 Å². The summed E-state index contributed by atoms with van der Waals surface area (Å²) in [4.78, 5) is 11.0. The second kappa shape index (κ2) is 4.37. The first-order valence-electron chi connectivity index (χ1n) is 4.93. The third-order valence-corrected chi connectivity index (χ3v) is 2.45. The summed E-state index contributed by atoms with van der Waals surface area (Å²) in [5.74, 6) is -0.431. The summed E-state index contributed by atoms with van der Waals surface area (Å²) in [5.41, 5.74) is 1.44. The number of carbonyl (C=O) groups is 1. The van der Waals surface area contributed by atoms with Gasteiger partial charge in [0, 0.05) is 5.39 Å². The molecule has 0 unspecified atom stereocenters. The molecular formula is C12H12O4. The van der Waals surface area contributed by atoms with Crippen molar-refractivity contribution in [3.63, 3.8) is 0 Å². The largest absolute Gasteiger partial charge is 0.469 e. The zero-order valence-electron chi connectivity index (χ0n) is 8.84. The molecule has 0 fully saturated rings. The molecule has 0 aliphatic carbocycles. The Labute approximate surface area is 92.4 Å². The number of aliphatic hydroxyl groups is 1. The Balaban J connectivity index is 2.22. The molecule has 2 aromatic rings. The number of furan rings is 1. The van der Waals surface area contributed by atoms with Gasteiger partial charge in [0.1, 0.15) is 5.58 Å². The fraction of sp³-hybridized carbons (Fsp3) is 0.250. The lowest BCUT2D eigenvalue weighted by Gasteiger charge is -2.09. The van der Waals surface area contributed by atoms with Gasteiger partial charge in [-0.3, -0.25) is 4.79 Å². The summed E-state index contributed by atoms with van der Waals surface area (Å²) in [6, 6.07) is 7.11. The molecule has 0 aliphatic heterocycles. The fourth-order valence-corrected chi connectivity index (χ4v) is 1.55. The van der Waals surface area contributed by atoms with Crippen LogP contribution < -0.4 is 0 Å². The number of benzene rings is 1. The average Bonchev–Trinajstić information content (AvgIpc) is 2.75. The van der Waals surface area contributed by atoms with Crippen LogP contribution in [0.4, 0.5) is 0 Å². The van der Waals surface area contributed by atoms with Gasteiger partial charge in [0.25, 0.3) is 0 Å². The fourth-order valence-electron chi connectivity index (χ4n) is 1.55. The Morgan fingerprint density at radius 2 is 2.31 bits per heavy atom. The van der Waals surface area contributed by atoms with Gasteiger partial charge in [-0.2, -0.15) is 0 Å². The minimum Gasteiger partial charge on any atom is -0.469 e. The van der Waals surface area contributed by atoms with E-state index < -0.39 is 12.1 Å². The van der Waals surface area contributed by atoms with Crippen molar-refractivity contribution in [2.75, 3.05) is 7.11 Å². The molecule has 2 rings (SSSR count). The van der Waals surface area contributed by atoms with E-state index in [4.69, 9.17) is 4.42 Å². The Morgan fingerprint density at radius 3 is 3.06 bits per heavy atom. The third-order valence-electron chi connectivity index (χ3n) is 2.45. The highest BCUT2D eigenvalue weighted by Gasteiger charge is 2.13. The second-order valence-corrected chi connectivity index (χ2v) is 3.51. The normalized spacial score (nSPS) is 12.6. The highest BCUT2D eigenvalue weighted by molar-refractivity contribution is 5.78. The van der Waals surface area contributed by atoms with Crippen LogP contribution in [0.1, 0.15) is 18.1 Å². The molecule has 0 amide bonds. The second-order valence-electron chi connectivity index (χ2n) is 3.51. The lowest BCUT2D eigenvalue weighted by atomic mass is 10.1. The molecule has 16 heavy (non-hydrogen) atoms. The van der Waals surface area contributed by atoms with Gasteiger partial charge in [-0.25, -0.2) is 0 Å². The summed E-state index contributed by atoms with van der Waals surface area (Å²) in [6.07, 6.45) is 0.702. The molecular weight excluding hydrogens is 208 g/mol. The maximum absolute atomic E-state index is 11.0. The van der Waals surface area contributed by atoms with E-state index >= 15 is 0 Å². The molecule has 0 spiro atoms. The Bertz CT molecular complexity index is 500. The van der Waals surface area contributed by atoms with Crippen LogP contribution in [0.2, 0.25) is 0 Å². The van der Waals surface area contributed by atoms with Crippen molar-refractivity contribution in [1.82, 2.24) is 0 Å². The first-order chi connectivity index (χ1) is 7.70. The van der Waals surface area contributed by atoms with Crippen LogP contribution in [-0.2, 0) is 9.53 Å². The first kappa shape index (κ1) is 10.7. The average molecular weight is 220 g/mol. The molecule has 0 saturated heterocycles. The zero-order valence-corrected chi connectivity index (χ0v) is 8.84. The van der Waals surface area contributed by atoms with Crippen molar-refractivity contribution in [2.24, 2.45) is 0 Å². The third kappa shape index (κ3) is 2.06. The molecule has 1 N–H and O–H groups in total. The van der Waals surface area contributed by atoms with Crippen LogP contribution >= 0.6 is 0 Å². The summed E-state index contributed by atoms with van der Waals surface area (Å²) >= 11 is 0. The number of rotatable bonds is 3. The molecule has 0 radical (unpaired) electrons. The van der Waals surface area contributed by atoms with Gasteiger partial charge >= 0.3 is 5.97 Å². The Hall–Kier alpha value is -1.81. The maximum atomic E-state index is 11.0. The van der Waals surface area contributed by atoms with Gasteiger partial charge in [0.15, 0.2) is 0 Å². The molecule has 1 atom stereocenters. The van der Waals surface area contributed by atoms with Gasteiger partial charge in [-0.1, -0.05) is 6.07 Å². The van der Waals surface area contributed by atoms with Crippen LogP contribution in [0.3, 0.4) is 0 Å². The van der Waals surface area contributed by atoms with Gasteiger partial charge in [-0.05, 0) is 23.8 Å². The topological polar surface area (TPSA) is 59.7 Å². The highest BCUT2D eigenvalue weighted by Crippen LogP contribution is 2.23. The molecule has 4 heteroatoms. The number of esters is 1. The predicted octanol–water partition coefficient (Wildman–Crippen LogP) is 2.03. The van der Waals surface area contributed by atoms with Crippen LogP contribution in [-0.4, -0.2) is 18.2 Å². The van der Waals surface area contributed by atoms with E-state index in [9.17, 15) is 9.90 Å². The van der Waals surface area contributed by atoms with Crippen molar-refractivity contribution in [3.8, 4) is 0 Å². The monoisotopic (exact) mass is 220 g/mol. The summed E-state index contributed by atoms with van der Waals surface area (Å²) in [7, 11) is 1.30. The molecule has 1 aromatic heterocycles. The molecule has 4 nitrogen and oxygen atoms in total. The quantitative estimate of drug-likeness (QED) is 0.804. The standard InChI is InChI=1S/C12H12O4/c1-15-12(14)7-10(13)8-2-3-11-9(6-8)4-5-16-11/h2-6,10,13H,7H2,1H3/t10-/m0/s1. The summed E-state index contributed by atoms with van der Waals surface area (Å²) < 4.78 is 9.68. The zero-order chi connectivity index (χ0) is 11.5. The minimum absolute atomic E-state index is 0.0418. The van der Waals surface area contributed by atoms with Crippen molar-refractivity contribution < 1.29 is 19.1 Å². The number of hydrogen-bond donors (Lipinski definition) is 1. The van der Waals surface area contributed by atoms with E-state index in [1.54, 1.807) is 24.5 Å². The van der Waals surface area contributed by atoms with E-state index in [0.29, 0.717) is 5.56 Å². The van der Waals surface area contributed by atoms with Crippen LogP contribution in [0, 0.1) is 0 Å². The van der Waals surface area contributed by atoms with Crippen molar-refractivity contribution in [2.45, 2.75) is 12.5 Å². The van der Waals surface area contributed by atoms with Crippen molar-refractivity contribution >= 4 is 16.9 Å². The van der Waals surface area contributed by atoms with Crippen LogP contribution in [0.5, 0.6) is 0 Å². The van der Waals surface area contributed by atoms with E-state index in [2.05, 4.69) is 4.74 Å². The van der Waals surface area contributed by atoms with Crippen LogP contribution in [0.15, 0.2) is 34.9 Å². The van der Waals surface area contributed by atoms with Gasteiger partial charge in [0.2, 0.25) is 0 Å². The molecule has 1 aromatic carbocycles. The maximum Gasteiger partial charge on any atom is 0.308 e. The Morgan fingerprint density at radius 1 is 1.50 bits per heavy atom. The number of carbonyl (C=O) groups excluding carboxylic acids is 1. The number of methoxy groups -OCH3 is 1. The lowest BCUT2D eigenvalue weighted by molar-refractivity contribution is -0.142. The molecule has 0 saturated carbocycles. The predicted molar refractivity (Wildman–Crippen MR) is 57.8 cm³/mol. The van der Waals surface area contributed by atoms with Crippen molar-refractivity contribution in [1.29, 1.82) is 0 Å². The molecule has 84 valence electrons. The van der Waals surface area contributed by atoms with Gasteiger partial charge in [-0.15, -0.1) is 0 Å². The molecule has 1 heterocycles. The lowest BCUT2D eigenvalue weighted by Crippen LogP contribution is -2.07. The van der Waals surface area contributed by atoms with Gasteiger partial charge in [0.05, 0.1) is 25.9 Å². The molecule has 0 bridgehead atoms. The van der Waals surface area contributed by atoms with Gasteiger partial charge < -0.3 is 14.3 Å². The molecule has 0 aliphatic rings.